The lowest BCUT2D eigenvalue weighted by Gasteiger charge is -2.28. The van der Waals surface area contributed by atoms with Crippen LogP contribution in [-0.2, 0) is 9.53 Å². The molecule has 0 bridgehead atoms. The van der Waals surface area contributed by atoms with Gasteiger partial charge in [0.2, 0.25) is 6.41 Å². The Morgan fingerprint density at radius 3 is 2.07 bits per heavy atom. The average molecular weight is 610 g/mol. The summed E-state index contributed by atoms with van der Waals surface area (Å²) in [7, 11) is 2.09. The Hall–Kier alpha value is -2.73. The van der Waals surface area contributed by atoms with Crippen LogP contribution in [0, 0.1) is 36.0 Å². The van der Waals surface area contributed by atoms with Gasteiger partial charge in [0.25, 0.3) is 0 Å². The van der Waals surface area contributed by atoms with Gasteiger partial charge in [-0.3, -0.25) is 4.79 Å². The first-order chi connectivity index (χ1) is 20.7. The molecule has 1 aliphatic carbocycles. The van der Waals surface area contributed by atoms with Crippen LogP contribution >= 0.6 is 0 Å². The average Bonchev–Trinajstić information content (AvgIpc) is 3.62. The van der Waals surface area contributed by atoms with Gasteiger partial charge in [-0.1, -0.05) is 83.4 Å². The first-order valence-corrected chi connectivity index (χ1v) is 16.5. The fraction of sp³-hybridized carbons (Fsp3) is 0.667. The summed E-state index contributed by atoms with van der Waals surface area (Å²) in [4.78, 5) is 16.0. The van der Waals surface area contributed by atoms with E-state index in [0.717, 1.165) is 73.8 Å². The smallest absolute Gasteiger partial charge is 0.214 e. The SMILES string of the molecule is C#C.C=C(C)/C(C)=C(/C=C(\C)C#CC(C)(C)C)N(C=O)C1CCN(C)C1.C=COC1(C)CCNC1.CC.CC1CCCCC1. The van der Waals surface area contributed by atoms with Gasteiger partial charge in [-0.2, -0.15) is 0 Å². The second kappa shape index (κ2) is 23.6. The van der Waals surface area contributed by atoms with Gasteiger partial charge in [0, 0.05) is 36.2 Å². The molecular formula is C39H67N3O2. The number of amides is 1. The number of terminal acetylenes is 1. The van der Waals surface area contributed by atoms with Crippen molar-refractivity contribution in [3.63, 3.8) is 0 Å². The van der Waals surface area contributed by atoms with Crippen LogP contribution < -0.4 is 5.32 Å². The lowest BCUT2D eigenvalue weighted by molar-refractivity contribution is -0.117. The Morgan fingerprint density at radius 2 is 1.70 bits per heavy atom. The molecule has 2 saturated heterocycles. The lowest BCUT2D eigenvalue weighted by Crippen LogP contribution is -2.35. The van der Waals surface area contributed by atoms with E-state index in [-0.39, 0.29) is 17.1 Å². The Balaban J connectivity index is 0. The van der Waals surface area contributed by atoms with E-state index in [1.165, 1.54) is 38.4 Å². The second-order valence-corrected chi connectivity index (χ2v) is 13.2. The van der Waals surface area contributed by atoms with Gasteiger partial charge < -0.3 is 19.9 Å². The van der Waals surface area contributed by atoms with Crippen molar-refractivity contribution >= 4 is 6.41 Å². The number of ether oxygens (including phenoxy) is 1. The number of nitrogens with one attached hydrogen (secondary N) is 1. The maximum absolute atomic E-state index is 11.8. The Kier molecular flexibility index (Phi) is 23.3. The van der Waals surface area contributed by atoms with Gasteiger partial charge in [0.15, 0.2) is 0 Å². The minimum atomic E-state index is -0.0408. The topological polar surface area (TPSA) is 44.8 Å². The molecule has 5 nitrogen and oxygen atoms in total. The van der Waals surface area contributed by atoms with Crippen molar-refractivity contribution in [3.8, 4) is 24.7 Å². The maximum atomic E-state index is 11.8. The van der Waals surface area contributed by atoms with E-state index in [9.17, 15) is 4.79 Å². The predicted molar refractivity (Wildman–Crippen MR) is 193 cm³/mol. The first-order valence-electron chi connectivity index (χ1n) is 16.5. The summed E-state index contributed by atoms with van der Waals surface area (Å²) in [5.41, 5.74) is 3.85. The number of hydrogen-bond donors (Lipinski definition) is 1. The molecule has 2 unspecified atom stereocenters. The van der Waals surface area contributed by atoms with Crippen LogP contribution in [-0.4, -0.2) is 61.1 Å². The standard InChI is InChI=1S/C21H32N2O.C7H13NO.C7H14.C2H6.C2H2/c1-16(2)18(4)20(13-17(3)9-11-21(5,6)7)23(15-24)19-10-12-22(8)14-19;1-3-9-7(2)4-5-8-6-7;1-7-5-3-2-4-6-7;2*1-2/h13,15,19H,1,10,12,14H2,2-8H3;3,8H,1,4-6H2,2H3;7H,2-6H2,1H3;1-2H3;1-2H/b17-13+,20-18-;;;;. The number of hydrogen-bond acceptors (Lipinski definition) is 4. The normalized spacial score (nSPS) is 22.2. The zero-order chi connectivity index (χ0) is 34.3. The Morgan fingerprint density at radius 1 is 1.11 bits per heavy atom. The summed E-state index contributed by atoms with van der Waals surface area (Å²) in [5.74, 6) is 7.51. The Labute approximate surface area is 273 Å². The molecule has 250 valence electrons. The van der Waals surface area contributed by atoms with E-state index in [1.807, 2.05) is 45.6 Å². The summed E-state index contributed by atoms with van der Waals surface area (Å²) in [5, 5.41) is 3.22. The van der Waals surface area contributed by atoms with E-state index < -0.39 is 0 Å². The van der Waals surface area contributed by atoms with Crippen molar-refractivity contribution in [1.29, 1.82) is 0 Å². The van der Waals surface area contributed by atoms with Crippen molar-refractivity contribution in [1.82, 2.24) is 15.1 Å². The van der Waals surface area contributed by atoms with Crippen LogP contribution in [0.3, 0.4) is 0 Å². The van der Waals surface area contributed by atoms with Gasteiger partial charge in [0.1, 0.15) is 5.60 Å². The summed E-state index contributed by atoms with van der Waals surface area (Å²) in [6.45, 7) is 32.2. The minimum absolute atomic E-state index is 0.0156. The van der Waals surface area contributed by atoms with Crippen molar-refractivity contribution in [3.05, 3.63) is 47.9 Å². The first kappa shape index (κ1) is 43.4. The number of allylic oxidation sites excluding steroid dienone is 4. The van der Waals surface area contributed by atoms with Crippen LogP contribution in [0.15, 0.2) is 47.9 Å². The summed E-state index contributed by atoms with van der Waals surface area (Å²) in [6, 6.07) is 0.205. The molecule has 3 aliphatic rings. The monoisotopic (exact) mass is 610 g/mol. The van der Waals surface area contributed by atoms with Crippen LogP contribution in [0.25, 0.3) is 0 Å². The molecule has 1 saturated carbocycles. The van der Waals surface area contributed by atoms with Gasteiger partial charge in [-0.05, 0) is 92.6 Å². The van der Waals surface area contributed by atoms with Crippen molar-refractivity contribution in [2.75, 3.05) is 33.2 Å². The van der Waals surface area contributed by atoms with Gasteiger partial charge >= 0.3 is 0 Å². The van der Waals surface area contributed by atoms with E-state index in [0.29, 0.717) is 0 Å². The minimum Gasteiger partial charge on any atom is -0.494 e. The summed E-state index contributed by atoms with van der Waals surface area (Å²) < 4.78 is 5.29. The zero-order valence-corrected chi connectivity index (χ0v) is 30.4. The molecule has 3 rings (SSSR count). The van der Waals surface area contributed by atoms with Crippen molar-refractivity contribution in [2.45, 2.75) is 126 Å². The number of rotatable bonds is 7. The van der Waals surface area contributed by atoms with Crippen LogP contribution in [0.4, 0.5) is 0 Å². The quantitative estimate of drug-likeness (QED) is 0.136. The Bertz CT molecular complexity index is 974. The number of nitrogens with zero attached hydrogens (tertiary/aromatic N) is 2. The van der Waals surface area contributed by atoms with Crippen LogP contribution in [0.2, 0.25) is 0 Å². The highest BCUT2D eigenvalue weighted by Gasteiger charge is 2.29. The highest BCUT2D eigenvalue weighted by Crippen LogP contribution is 2.25. The molecule has 1 N–H and O–H groups in total. The molecule has 2 aliphatic heterocycles. The van der Waals surface area contributed by atoms with E-state index >= 15 is 0 Å². The number of likely N-dealkylation sites (N-methyl/N-ethyl adjacent to an activating group) is 1. The molecule has 0 spiro atoms. The fourth-order valence-electron chi connectivity index (χ4n) is 5.00. The summed E-state index contributed by atoms with van der Waals surface area (Å²) >= 11 is 0. The fourth-order valence-corrected chi connectivity index (χ4v) is 5.00. The molecule has 2 atom stereocenters. The summed E-state index contributed by atoms with van der Waals surface area (Å²) in [6.07, 6.45) is 22.0. The van der Waals surface area contributed by atoms with E-state index in [4.69, 9.17) is 4.74 Å². The van der Waals surface area contributed by atoms with Crippen molar-refractivity contribution in [2.24, 2.45) is 11.3 Å². The van der Waals surface area contributed by atoms with E-state index in [2.05, 4.69) is 89.7 Å². The molecule has 0 aromatic carbocycles. The third-order valence-corrected chi connectivity index (χ3v) is 7.76. The van der Waals surface area contributed by atoms with Gasteiger partial charge in [-0.25, -0.2) is 0 Å². The third kappa shape index (κ3) is 18.8. The molecule has 0 radical (unpaired) electrons. The molecular weight excluding hydrogens is 542 g/mol. The highest BCUT2D eigenvalue weighted by molar-refractivity contribution is 5.57. The number of carbonyl (C=O) groups is 1. The highest BCUT2D eigenvalue weighted by atomic mass is 16.5. The maximum Gasteiger partial charge on any atom is 0.214 e. The van der Waals surface area contributed by atoms with Gasteiger partial charge in [0.05, 0.1) is 12.3 Å². The molecule has 44 heavy (non-hydrogen) atoms. The molecule has 1 amide bonds. The van der Waals surface area contributed by atoms with Gasteiger partial charge in [-0.15, -0.1) is 12.8 Å². The second-order valence-electron chi connectivity index (χ2n) is 13.2. The van der Waals surface area contributed by atoms with Crippen LogP contribution in [0.1, 0.15) is 114 Å². The third-order valence-electron chi connectivity index (χ3n) is 7.76. The van der Waals surface area contributed by atoms with Crippen LogP contribution in [0.5, 0.6) is 0 Å². The van der Waals surface area contributed by atoms with E-state index in [1.54, 1.807) is 0 Å². The molecule has 0 aromatic rings. The molecule has 3 fully saturated rings. The van der Waals surface area contributed by atoms with Crippen molar-refractivity contribution < 1.29 is 9.53 Å². The number of likely N-dealkylation sites (tertiary alicyclic amines) is 1. The molecule has 5 heteroatoms. The zero-order valence-electron chi connectivity index (χ0n) is 30.4. The predicted octanol–water partition coefficient (Wildman–Crippen LogP) is 8.76. The number of carbonyl (C=O) groups excluding carboxylic acids is 1. The molecule has 0 aromatic heterocycles. The lowest BCUT2D eigenvalue weighted by atomic mass is 9.91. The largest absolute Gasteiger partial charge is 0.494 e. The molecule has 2 heterocycles.